The molecule has 240 valence electrons. The van der Waals surface area contributed by atoms with Gasteiger partial charge >= 0.3 is 0 Å². The van der Waals surface area contributed by atoms with Crippen molar-refractivity contribution in [2.75, 3.05) is 22.9 Å². The average Bonchev–Trinajstić information content (AvgIpc) is 3.84. The Labute approximate surface area is 279 Å². The maximum absolute atomic E-state index is 13.7. The Balaban J connectivity index is 1.03. The van der Waals surface area contributed by atoms with Crippen LogP contribution in [0.2, 0.25) is 0 Å². The van der Waals surface area contributed by atoms with Gasteiger partial charge in [-0.3, -0.25) is 29.0 Å². The summed E-state index contributed by atoms with van der Waals surface area (Å²) >= 11 is 0. The largest absolute Gasteiger partial charge is 0.329 e. The SMILES string of the molecule is O=C1[C@@H]2CCCN2C(=O)C(c2ccccc2)N1c1ccc(/C=C/c2ccc(N3C(=O)[C@@H]4CCCN4C(=O)C3c3ccccc3)cc2)cc1. The van der Waals surface area contributed by atoms with E-state index in [2.05, 4.69) is 0 Å². The monoisotopic (exact) mass is 636 g/mol. The summed E-state index contributed by atoms with van der Waals surface area (Å²) in [4.78, 5) is 61.6. The summed E-state index contributed by atoms with van der Waals surface area (Å²) in [5, 5.41) is 0. The van der Waals surface area contributed by atoms with Gasteiger partial charge in [0.1, 0.15) is 24.2 Å². The van der Waals surface area contributed by atoms with Crippen LogP contribution in [0.1, 0.15) is 60.0 Å². The Morgan fingerprint density at radius 2 is 0.833 bits per heavy atom. The third-order valence-electron chi connectivity index (χ3n) is 10.1. The van der Waals surface area contributed by atoms with Gasteiger partial charge in [-0.15, -0.1) is 0 Å². The van der Waals surface area contributed by atoms with Gasteiger partial charge in [0.05, 0.1) is 0 Å². The Morgan fingerprint density at radius 3 is 1.21 bits per heavy atom. The molecule has 4 heterocycles. The van der Waals surface area contributed by atoms with Gasteiger partial charge < -0.3 is 9.80 Å². The van der Waals surface area contributed by atoms with Gasteiger partial charge in [0.25, 0.3) is 23.6 Å². The summed E-state index contributed by atoms with van der Waals surface area (Å²) in [5.41, 5.74) is 4.90. The lowest BCUT2D eigenvalue weighted by Gasteiger charge is -2.42. The van der Waals surface area contributed by atoms with E-state index in [1.54, 1.807) is 19.6 Å². The van der Waals surface area contributed by atoms with E-state index in [0.29, 0.717) is 37.3 Å². The molecule has 4 amide bonds. The van der Waals surface area contributed by atoms with Gasteiger partial charge in [-0.25, -0.2) is 0 Å². The van der Waals surface area contributed by atoms with Crippen molar-refractivity contribution in [3.63, 3.8) is 0 Å². The first kappa shape index (κ1) is 29.9. The molecule has 0 saturated carbocycles. The second kappa shape index (κ2) is 12.3. The second-order valence-electron chi connectivity index (χ2n) is 12.9. The highest BCUT2D eigenvalue weighted by atomic mass is 16.2. The number of anilines is 2. The molecule has 4 atom stereocenters. The Hall–Kier alpha value is -5.50. The summed E-state index contributed by atoms with van der Waals surface area (Å²) in [5.74, 6) is -0.120. The van der Waals surface area contributed by atoms with Crippen LogP contribution in [0.5, 0.6) is 0 Å². The summed E-state index contributed by atoms with van der Waals surface area (Å²) in [7, 11) is 0. The third kappa shape index (κ3) is 5.08. The van der Waals surface area contributed by atoms with Crippen molar-refractivity contribution in [3.8, 4) is 0 Å². The smallest absolute Gasteiger partial charge is 0.251 e. The molecule has 4 aromatic carbocycles. The molecule has 48 heavy (non-hydrogen) atoms. The van der Waals surface area contributed by atoms with Crippen LogP contribution >= 0.6 is 0 Å². The second-order valence-corrected chi connectivity index (χ2v) is 12.9. The van der Waals surface area contributed by atoms with Crippen molar-refractivity contribution in [1.29, 1.82) is 0 Å². The van der Waals surface area contributed by atoms with Crippen LogP contribution < -0.4 is 9.80 Å². The fraction of sp³-hybridized carbons (Fsp3) is 0.250. The topological polar surface area (TPSA) is 81.2 Å². The van der Waals surface area contributed by atoms with Crippen molar-refractivity contribution < 1.29 is 19.2 Å². The maximum atomic E-state index is 13.7. The van der Waals surface area contributed by atoms with Crippen molar-refractivity contribution in [3.05, 3.63) is 131 Å². The fourth-order valence-electron chi connectivity index (χ4n) is 7.78. The molecule has 4 aliphatic rings. The maximum Gasteiger partial charge on any atom is 0.251 e. The zero-order chi connectivity index (χ0) is 32.8. The molecule has 4 fully saturated rings. The molecule has 4 aromatic rings. The van der Waals surface area contributed by atoms with E-state index in [1.165, 1.54) is 0 Å². The highest BCUT2D eigenvalue weighted by molar-refractivity contribution is 6.10. The standard InChI is InChI=1S/C40H36N4O4/c45-37-33-13-7-25-41(33)39(47)35(29-9-3-1-4-10-29)43(37)31-21-17-27(18-22-31)15-16-28-19-23-32(24-20-28)44-36(30-11-5-2-6-12-30)40(48)42-26-8-14-34(42)38(44)46/h1-6,9-12,15-24,33-36H,7-8,13-14,25-26H2/b16-15+/t33-,34-,35?,36?/m0/s1. The summed E-state index contributed by atoms with van der Waals surface area (Å²) in [6.45, 7) is 1.24. The van der Waals surface area contributed by atoms with Crippen LogP contribution in [0.4, 0.5) is 11.4 Å². The van der Waals surface area contributed by atoms with Gasteiger partial charge in [0.15, 0.2) is 0 Å². The number of amides is 4. The first-order valence-electron chi connectivity index (χ1n) is 16.7. The Morgan fingerprint density at radius 1 is 0.458 bits per heavy atom. The third-order valence-corrected chi connectivity index (χ3v) is 10.1. The fourth-order valence-corrected chi connectivity index (χ4v) is 7.78. The molecule has 8 nitrogen and oxygen atoms in total. The normalized spacial score (nSPS) is 24.1. The van der Waals surface area contributed by atoms with Crippen molar-refractivity contribution in [2.24, 2.45) is 0 Å². The molecular weight excluding hydrogens is 600 g/mol. The highest BCUT2D eigenvalue weighted by Gasteiger charge is 2.50. The van der Waals surface area contributed by atoms with Gasteiger partial charge in [-0.2, -0.15) is 0 Å². The molecule has 0 radical (unpaired) electrons. The first-order valence-corrected chi connectivity index (χ1v) is 16.7. The summed E-state index contributed by atoms with van der Waals surface area (Å²) in [6.07, 6.45) is 7.04. The minimum Gasteiger partial charge on any atom is -0.329 e. The lowest BCUT2D eigenvalue weighted by atomic mass is 9.97. The number of carbonyl (C=O) groups is 4. The first-order chi connectivity index (χ1) is 23.5. The number of fused-ring (bicyclic) bond motifs is 2. The minimum absolute atomic E-state index is 0.0259. The molecule has 2 unspecified atom stereocenters. The Kier molecular flexibility index (Phi) is 7.63. The van der Waals surface area contributed by atoms with Crippen molar-refractivity contribution in [2.45, 2.75) is 49.9 Å². The average molecular weight is 637 g/mol. The highest BCUT2D eigenvalue weighted by Crippen LogP contribution is 2.39. The van der Waals surface area contributed by atoms with E-state index >= 15 is 0 Å². The quantitative estimate of drug-likeness (QED) is 0.243. The molecule has 0 spiro atoms. The predicted molar refractivity (Wildman–Crippen MR) is 185 cm³/mol. The zero-order valence-electron chi connectivity index (χ0n) is 26.5. The number of piperazine rings is 2. The van der Waals surface area contributed by atoms with E-state index in [4.69, 9.17) is 0 Å². The van der Waals surface area contributed by atoms with Crippen LogP contribution in [0.15, 0.2) is 109 Å². The molecule has 0 bridgehead atoms. The molecule has 0 N–H and O–H groups in total. The van der Waals surface area contributed by atoms with Crippen LogP contribution in [-0.4, -0.2) is 58.6 Å². The molecule has 4 saturated heterocycles. The van der Waals surface area contributed by atoms with E-state index in [9.17, 15) is 19.2 Å². The number of hydrogen-bond donors (Lipinski definition) is 0. The van der Waals surface area contributed by atoms with Crippen LogP contribution in [-0.2, 0) is 19.2 Å². The van der Waals surface area contributed by atoms with Gasteiger partial charge in [0.2, 0.25) is 0 Å². The lowest BCUT2D eigenvalue weighted by Crippen LogP contribution is -2.59. The van der Waals surface area contributed by atoms with Gasteiger partial charge in [0, 0.05) is 24.5 Å². The minimum atomic E-state index is -0.687. The van der Waals surface area contributed by atoms with Crippen LogP contribution in [0.3, 0.4) is 0 Å². The van der Waals surface area contributed by atoms with Crippen molar-refractivity contribution in [1.82, 2.24) is 9.80 Å². The van der Waals surface area contributed by atoms with Crippen molar-refractivity contribution >= 4 is 47.2 Å². The van der Waals surface area contributed by atoms with E-state index in [1.807, 2.05) is 121 Å². The van der Waals surface area contributed by atoms with Crippen LogP contribution in [0, 0.1) is 0 Å². The van der Waals surface area contributed by atoms with E-state index in [-0.39, 0.29) is 23.6 Å². The molecule has 0 aromatic heterocycles. The number of carbonyl (C=O) groups excluding carboxylic acids is 4. The zero-order valence-corrected chi connectivity index (χ0v) is 26.5. The molecule has 0 aliphatic carbocycles. The number of rotatable bonds is 6. The van der Waals surface area contributed by atoms with Gasteiger partial charge in [-0.05, 0) is 72.2 Å². The van der Waals surface area contributed by atoms with Gasteiger partial charge in [-0.1, -0.05) is 97.1 Å². The van der Waals surface area contributed by atoms with E-state index in [0.717, 1.165) is 35.1 Å². The number of benzene rings is 4. The predicted octanol–water partition coefficient (Wildman–Crippen LogP) is 6.01. The molecule has 8 heteroatoms. The number of nitrogens with zero attached hydrogens (tertiary/aromatic N) is 4. The molecule has 8 rings (SSSR count). The molecule has 4 aliphatic heterocycles. The summed E-state index contributed by atoms with van der Waals surface area (Å²) < 4.78 is 0. The van der Waals surface area contributed by atoms with Crippen LogP contribution in [0.25, 0.3) is 12.2 Å². The van der Waals surface area contributed by atoms with E-state index < -0.39 is 24.2 Å². The molecular formula is C40H36N4O4. The Bertz CT molecular complexity index is 1750. The number of hydrogen-bond acceptors (Lipinski definition) is 4. The lowest BCUT2D eigenvalue weighted by molar-refractivity contribution is -0.144. The summed E-state index contributed by atoms with van der Waals surface area (Å²) in [6, 6.07) is 32.3.